The van der Waals surface area contributed by atoms with Gasteiger partial charge in [0, 0.05) is 6.07 Å². The molecule has 3 aromatic carbocycles. The fraction of sp³-hybridized carbons (Fsp3) is 0.125. The highest BCUT2D eigenvalue weighted by atomic mass is 16.6. The number of anilines is 1. The molecule has 0 saturated carbocycles. The maximum Gasteiger partial charge on any atom is 0.282 e. The van der Waals surface area contributed by atoms with Crippen molar-refractivity contribution in [3.05, 3.63) is 118 Å². The average Bonchev–Trinajstić information content (AvgIpc) is 3.33. The first-order valence-electron chi connectivity index (χ1n) is 10.2. The summed E-state index contributed by atoms with van der Waals surface area (Å²) >= 11 is 0. The van der Waals surface area contributed by atoms with Crippen LogP contribution in [0.15, 0.2) is 91.3 Å². The summed E-state index contributed by atoms with van der Waals surface area (Å²) in [6.45, 7) is 0. The molecule has 1 aliphatic rings. The first-order chi connectivity index (χ1) is 15.6. The SMILES string of the molecule is O=C(c1ccccc1[N+](=O)[O-])N1c2ncnn2[C@H](c2ccccc2)C[C@H]1c1ccccc1. The van der Waals surface area contributed by atoms with E-state index >= 15 is 0 Å². The lowest BCUT2D eigenvalue weighted by Crippen LogP contribution is -2.42. The molecule has 8 nitrogen and oxygen atoms in total. The van der Waals surface area contributed by atoms with Gasteiger partial charge in [-0.05, 0) is 23.6 Å². The van der Waals surface area contributed by atoms with Crippen molar-refractivity contribution in [2.45, 2.75) is 18.5 Å². The number of carbonyl (C=O) groups excluding carboxylic acids is 1. The summed E-state index contributed by atoms with van der Waals surface area (Å²) < 4.78 is 1.72. The molecule has 32 heavy (non-hydrogen) atoms. The molecule has 1 aromatic heterocycles. The van der Waals surface area contributed by atoms with Gasteiger partial charge in [-0.2, -0.15) is 10.1 Å². The van der Waals surface area contributed by atoms with Crippen LogP contribution in [0.3, 0.4) is 0 Å². The minimum atomic E-state index is -0.536. The van der Waals surface area contributed by atoms with Crippen LogP contribution in [0.4, 0.5) is 11.6 Å². The Morgan fingerprint density at radius 1 is 0.875 bits per heavy atom. The van der Waals surface area contributed by atoms with E-state index in [-0.39, 0.29) is 23.3 Å². The third kappa shape index (κ3) is 3.31. The third-order valence-corrected chi connectivity index (χ3v) is 5.74. The summed E-state index contributed by atoms with van der Waals surface area (Å²) in [4.78, 5) is 30.7. The number of amides is 1. The van der Waals surface area contributed by atoms with Crippen molar-refractivity contribution in [3.63, 3.8) is 0 Å². The summed E-state index contributed by atoms with van der Waals surface area (Å²) in [5.41, 5.74) is 1.76. The van der Waals surface area contributed by atoms with Crippen molar-refractivity contribution in [3.8, 4) is 0 Å². The molecule has 0 radical (unpaired) electrons. The summed E-state index contributed by atoms with van der Waals surface area (Å²) in [6, 6.07) is 25.1. The first-order valence-corrected chi connectivity index (χ1v) is 10.2. The molecule has 2 atom stereocenters. The Bertz CT molecular complexity index is 1270. The van der Waals surface area contributed by atoms with Gasteiger partial charge < -0.3 is 0 Å². The highest BCUT2D eigenvalue weighted by molar-refractivity contribution is 6.08. The smallest absolute Gasteiger partial charge is 0.269 e. The number of hydrogen-bond acceptors (Lipinski definition) is 5. The first kappa shape index (κ1) is 19.6. The second-order valence-electron chi connectivity index (χ2n) is 7.54. The lowest BCUT2D eigenvalue weighted by atomic mass is 9.91. The van der Waals surface area contributed by atoms with Gasteiger partial charge in [0.1, 0.15) is 11.9 Å². The number of rotatable bonds is 4. The van der Waals surface area contributed by atoms with Crippen LogP contribution in [-0.4, -0.2) is 25.6 Å². The monoisotopic (exact) mass is 425 g/mol. The number of para-hydroxylation sites is 1. The Balaban J connectivity index is 1.67. The van der Waals surface area contributed by atoms with E-state index in [1.54, 1.807) is 16.8 Å². The molecule has 0 aliphatic carbocycles. The molecule has 0 spiro atoms. The summed E-state index contributed by atoms with van der Waals surface area (Å²) in [5.74, 6) is -0.117. The Kier molecular flexibility index (Phi) is 4.95. The van der Waals surface area contributed by atoms with Crippen molar-refractivity contribution in [1.29, 1.82) is 0 Å². The zero-order valence-electron chi connectivity index (χ0n) is 17.0. The van der Waals surface area contributed by atoms with E-state index in [2.05, 4.69) is 10.1 Å². The molecule has 0 saturated heterocycles. The number of aromatic nitrogens is 3. The van der Waals surface area contributed by atoms with Crippen LogP contribution in [0.1, 0.15) is 40.0 Å². The van der Waals surface area contributed by atoms with E-state index in [1.807, 2.05) is 60.7 Å². The van der Waals surface area contributed by atoms with E-state index in [4.69, 9.17) is 0 Å². The second kappa shape index (κ2) is 8.07. The number of nitrogens with zero attached hydrogens (tertiary/aromatic N) is 5. The average molecular weight is 425 g/mol. The molecule has 2 heterocycles. The maximum absolute atomic E-state index is 13.8. The van der Waals surface area contributed by atoms with Crippen LogP contribution < -0.4 is 4.90 Å². The normalized spacial score (nSPS) is 17.6. The zero-order chi connectivity index (χ0) is 22.1. The van der Waals surface area contributed by atoms with Gasteiger partial charge in [-0.3, -0.25) is 19.8 Å². The van der Waals surface area contributed by atoms with Crippen LogP contribution in [0, 0.1) is 10.1 Å². The van der Waals surface area contributed by atoms with Crippen molar-refractivity contribution in [1.82, 2.24) is 14.8 Å². The highest BCUT2D eigenvalue weighted by Crippen LogP contribution is 2.42. The summed E-state index contributed by atoms with van der Waals surface area (Å²) in [6.07, 6.45) is 1.97. The van der Waals surface area contributed by atoms with Crippen LogP contribution in [-0.2, 0) is 0 Å². The molecule has 0 bridgehead atoms. The van der Waals surface area contributed by atoms with Gasteiger partial charge in [0.15, 0.2) is 0 Å². The molecular weight excluding hydrogens is 406 g/mol. The van der Waals surface area contributed by atoms with E-state index < -0.39 is 10.8 Å². The lowest BCUT2D eigenvalue weighted by molar-refractivity contribution is -0.385. The van der Waals surface area contributed by atoms with E-state index in [0.717, 1.165) is 11.1 Å². The molecule has 1 aliphatic heterocycles. The Labute approximate surface area is 183 Å². The topological polar surface area (TPSA) is 94.2 Å². The fourth-order valence-electron chi connectivity index (χ4n) is 4.28. The van der Waals surface area contributed by atoms with Crippen LogP contribution in [0.2, 0.25) is 0 Å². The molecular formula is C24H19N5O3. The molecule has 5 rings (SSSR count). The van der Waals surface area contributed by atoms with Gasteiger partial charge in [-0.15, -0.1) is 0 Å². The molecule has 1 amide bonds. The van der Waals surface area contributed by atoms with Gasteiger partial charge in [0.2, 0.25) is 5.95 Å². The maximum atomic E-state index is 13.8. The van der Waals surface area contributed by atoms with Crippen molar-refractivity contribution < 1.29 is 9.72 Å². The molecule has 8 heteroatoms. The number of carbonyl (C=O) groups is 1. The quantitative estimate of drug-likeness (QED) is 0.353. The molecule has 4 aromatic rings. The minimum Gasteiger partial charge on any atom is -0.269 e. The van der Waals surface area contributed by atoms with E-state index in [9.17, 15) is 14.9 Å². The largest absolute Gasteiger partial charge is 0.282 e. The zero-order valence-corrected chi connectivity index (χ0v) is 17.0. The standard InChI is InChI=1S/C24H19N5O3/c30-23(19-13-7-8-14-20(19)29(31)32)27-21(17-9-3-1-4-10-17)15-22(18-11-5-2-6-12-18)28-24(27)25-16-26-28/h1-14,16,21-22H,15H2/t21-,22-/m0/s1. The number of nitro groups is 1. The van der Waals surface area contributed by atoms with Gasteiger partial charge >= 0.3 is 0 Å². The van der Waals surface area contributed by atoms with Crippen molar-refractivity contribution in [2.75, 3.05) is 4.90 Å². The van der Waals surface area contributed by atoms with Gasteiger partial charge in [0.25, 0.3) is 11.6 Å². The van der Waals surface area contributed by atoms with Gasteiger partial charge in [-0.25, -0.2) is 4.68 Å². The Morgan fingerprint density at radius 3 is 2.12 bits per heavy atom. The number of nitro benzene ring substituents is 1. The Morgan fingerprint density at radius 2 is 1.47 bits per heavy atom. The molecule has 158 valence electrons. The van der Waals surface area contributed by atoms with E-state index in [0.29, 0.717) is 12.4 Å². The fourth-order valence-corrected chi connectivity index (χ4v) is 4.28. The van der Waals surface area contributed by atoms with Crippen LogP contribution >= 0.6 is 0 Å². The van der Waals surface area contributed by atoms with Gasteiger partial charge in [-0.1, -0.05) is 72.8 Å². The summed E-state index contributed by atoms with van der Waals surface area (Å²) in [7, 11) is 0. The second-order valence-corrected chi connectivity index (χ2v) is 7.54. The minimum absolute atomic E-state index is 0.0196. The predicted molar refractivity (Wildman–Crippen MR) is 118 cm³/mol. The van der Waals surface area contributed by atoms with Crippen LogP contribution in [0.25, 0.3) is 0 Å². The van der Waals surface area contributed by atoms with Gasteiger partial charge in [0.05, 0.1) is 17.0 Å². The lowest BCUT2D eigenvalue weighted by Gasteiger charge is -2.39. The van der Waals surface area contributed by atoms with Crippen LogP contribution in [0.5, 0.6) is 0 Å². The molecule has 0 unspecified atom stereocenters. The molecule has 0 N–H and O–H groups in total. The van der Waals surface area contributed by atoms with Crippen molar-refractivity contribution >= 4 is 17.5 Å². The number of fused-ring (bicyclic) bond motifs is 1. The number of hydrogen-bond donors (Lipinski definition) is 0. The predicted octanol–water partition coefficient (Wildman–Crippen LogP) is 4.57. The Hall–Kier alpha value is -4.33. The highest BCUT2D eigenvalue weighted by Gasteiger charge is 2.41. The third-order valence-electron chi connectivity index (χ3n) is 5.74. The summed E-state index contributed by atoms with van der Waals surface area (Å²) in [5, 5.41) is 16.0. The van der Waals surface area contributed by atoms with E-state index in [1.165, 1.54) is 23.4 Å². The molecule has 0 fully saturated rings. The number of benzene rings is 3. The van der Waals surface area contributed by atoms with Crippen molar-refractivity contribution in [2.24, 2.45) is 0 Å².